The summed E-state index contributed by atoms with van der Waals surface area (Å²) < 4.78 is 2.43. The number of rotatable bonds is 5. The Kier molecular flexibility index (Phi) is 8.70. The van der Waals surface area contributed by atoms with Gasteiger partial charge in [-0.1, -0.05) is 221 Å². The molecule has 0 saturated heterocycles. The molecule has 0 bridgehead atoms. The van der Waals surface area contributed by atoms with E-state index in [4.69, 9.17) is 0 Å². The van der Waals surface area contributed by atoms with Crippen molar-refractivity contribution in [2.24, 2.45) is 0 Å². The van der Waals surface area contributed by atoms with Crippen LogP contribution in [0.5, 0.6) is 0 Å². The molecule has 1 unspecified atom stereocenters. The predicted octanol–water partition coefficient (Wildman–Crippen LogP) is 14.6. The second-order valence-electron chi connectivity index (χ2n) is 20.4. The maximum atomic E-state index is 2.63. The van der Waals surface area contributed by atoms with Crippen molar-refractivity contribution in [3.8, 4) is 50.2 Å². The Morgan fingerprint density at radius 3 is 1.65 bits per heavy atom. The molecule has 328 valence electrons. The fourth-order valence-electron chi connectivity index (χ4n) is 12.8. The molecule has 0 amide bonds. The summed E-state index contributed by atoms with van der Waals surface area (Å²) in [5.74, 6) is 0. The molecule has 14 rings (SSSR count). The van der Waals surface area contributed by atoms with Crippen molar-refractivity contribution in [1.82, 2.24) is 4.57 Å². The first-order valence-electron chi connectivity index (χ1n) is 24.3. The van der Waals surface area contributed by atoms with Gasteiger partial charge in [0.1, 0.15) is 0 Å². The second kappa shape index (κ2) is 14.8. The smallest absolute Gasteiger partial charge is 0.181 e. The standard InChI is InChI=1S/C66H49NSSi/c1-65(2)56-26-10-6-22-50(56)54-39-44(31-35-57(54)65)45-32-36-64-62(40-45)68-61-29-13-14-30-63(61)69(64,48-33-34-51-49-21-5-9-25-55(49)66(3,4)58(51)41-48)47-20-16-18-43(38-47)42-17-15-19-46(37-42)67-59-27-11-7-23-52(59)53-24-8-12-28-60(53)67/h5-41H,1-4H3. The molecule has 0 N–H and O–H groups in total. The average molecular weight is 916 g/mol. The van der Waals surface area contributed by atoms with Crippen LogP contribution in [0.25, 0.3) is 72.0 Å². The van der Waals surface area contributed by atoms with Gasteiger partial charge in [0, 0.05) is 37.1 Å². The summed E-state index contributed by atoms with van der Waals surface area (Å²) in [6, 6.07) is 86.0. The van der Waals surface area contributed by atoms with E-state index in [0.717, 1.165) is 0 Å². The third-order valence-corrected chi connectivity index (χ3v) is 22.5. The lowest BCUT2D eigenvalue weighted by atomic mass is 9.82. The first kappa shape index (κ1) is 40.6. The second-order valence-corrected chi connectivity index (χ2v) is 25.2. The third kappa shape index (κ3) is 5.72. The van der Waals surface area contributed by atoms with Gasteiger partial charge in [-0.25, -0.2) is 0 Å². The zero-order valence-electron chi connectivity index (χ0n) is 39.2. The molecule has 3 heteroatoms. The first-order valence-corrected chi connectivity index (χ1v) is 27.1. The maximum Gasteiger partial charge on any atom is 0.181 e. The van der Waals surface area contributed by atoms with Gasteiger partial charge < -0.3 is 4.57 Å². The first-order chi connectivity index (χ1) is 33.7. The number of nitrogens with zero attached hydrogens (tertiary/aromatic N) is 1. The Morgan fingerprint density at radius 2 is 0.884 bits per heavy atom. The Morgan fingerprint density at radius 1 is 0.348 bits per heavy atom. The van der Waals surface area contributed by atoms with Gasteiger partial charge in [0.25, 0.3) is 0 Å². The molecule has 3 aliphatic rings. The van der Waals surface area contributed by atoms with Gasteiger partial charge in [0.05, 0.1) is 11.0 Å². The Bertz CT molecular complexity index is 3910. The molecule has 1 aromatic heterocycles. The molecular formula is C66H49NSSi. The van der Waals surface area contributed by atoms with Crippen LogP contribution in [0.1, 0.15) is 49.9 Å². The molecule has 1 nitrogen and oxygen atoms in total. The van der Waals surface area contributed by atoms with Crippen LogP contribution in [-0.2, 0) is 10.8 Å². The summed E-state index contributed by atoms with van der Waals surface area (Å²) in [5.41, 5.74) is 19.5. The van der Waals surface area contributed by atoms with Crippen molar-refractivity contribution in [3.63, 3.8) is 0 Å². The highest BCUT2D eigenvalue weighted by molar-refractivity contribution is 8.00. The van der Waals surface area contributed by atoms with E-state index in [0.29, 0.717) is 0 Å². The Labute approximate surface area is 409 Å². The largest absolute Gasteiger partial charge is 0.309 e. The van der Waals surface area contributed by atoms with Gasteiger partial charge in [-0.3, -0.25) is 0 Å². The van der Waals surface area contributed by atoms with E-state index in [2.05, 4.69) is 257 Å². The number of hydrogen-bond donors (Lipinski definition) is 0. The highest BCUT2D eigenvalue weighted by Crippen LogP contribution is 2.51. The summed E-state index contributed by atoms with van der Waals surface area (Å²) in [7, 11) is -3.02. The van der Waals surface area contributed by atoms with Gasteiger partial charge in [0.2, 0.25) is 0 Å². The molecule has 2 aliphatic carbocycles. The van der Waals surface area contributed by atoms with Crippen LogP contribution < -0.4 is 20.7 Å². The van der Waals surface area contributed by atoms with E-state index in [9.17, 15) is 0 Å². The van der Waals surface area contributed by atoms with Gasteiger partial charge in [-0.05, 0) is 130 Å². The van der Waals surface area contributed by atoms with Crippen molar-refractivity contribution in [1.29, 1.82) is 0 Å². The minimum atomic E-state index is -3.02. The highest BCUT2D eigenvalue weighted by atomic mass is 32.2. The lowest BCUT2D eigenvalue weighted by molar-refractivity contribution is 0.660. The molecule has 0 spiro atoms. The fourth-order valence-corrected chi connectivity index (χ4v) is 19.8. The molecule has 11 aromatic rings. The van der Waals surface area contributed by atoms with E-state index in [1.54, 1.807) is 0 Å². The summed E-state index contributed by atoms with van der Waals surface area (Å²) >= 11 is 1.95. The van der Waals surface area contributed by atoms with Crippen LogP contribution in [0.3, 0.4) is 0 Å². The highest BCUT2D eigenvalue weighted by Gasteiger charge is 2.48. The van der Waals surface area contributed by atoms with Crippen molar-refractivity contribution in [3.05, 3.63) is 247 Å². The minimum Gasteiger partial charge on any atom is -0.309 e. The SMILES string of the molecule is CC1(C)c2ccccc2-c2cc(-c3ccc4c(c3)Sc3ccccc3[Si]4(c3cccc(-c4cccc(-n5c6ccccc6c6ccccc65)c4)c3)c3ccc4c(c3)C(C)(C)c3ccccc3-4)ccc21. The maximum absolute atomic E-state index is 3.02. The number of para-hydroxylation sites is 2. The molecule has 0 radical (unpaired) electrons. The average Bonchev–Trinajstić information content (AvgIpc) is 3.94. The molecule has 1 aliphatic heterocycles. The number of benzene rings is 10. The zero-order valence-corrected chi connectivity index (χ0v) is 41.0. The summed E-state index contributed by atoms with van der Waals surface area (Å²) in [5, 5.41) is 8.28. The lowest BCUT2D eigenvalue weighted by Crippen LogP contribution is -2.76. The quantitative estimate of drug-likeness (QED) is 0.156. The van der Waals surface area contributed by atoms with Crippen LogP contribution >= 0.6 is 11.8 Å². The van der Waals surface area contributed by atoms with Crippen LogP contribution in [0.4, 0.5) is 0 Å². The molecule has 1 atom stereocenters. The normalized spacial score (nSPS) is 16.6. The molecule has 2 heterocycles. The molecule has 10 aromatic carbocycles. The predicted molar refractivity (Wildman–Crippen MR) is 295 cm³/mol. The van der Waals surface area contributed by atoms with Gasteiger partial charge in [0.15, 0.2) is 8.07 Å². The van der Waals surface area contributed by atoms with E-state index in [-0.39, 0.29) is 10.8 Å². The van der Waals surface area contributed by atoms with Crippen molar-refractivity contribution in [2.75, 3.05) is 0 Å². The number of aromatic nitrogens is 1. The van der Waals surface area contributed by atoms with Gasteiger partial charge in [-0.2, -0.15) is 0 Å². The molecule has 69 heavy (non-hydrogen) atoms. The molecule has 0 saturated carbocycles. The summed E-state index contributed by atoms with van der Waals surface area (Å²) in [6.45, 7) is 9.57. The van der Waals surface area contributed by atoms with E-state index < -0.39 is 8.07 Å². The lowest BCUT2D eigenvalue weighted by Gasteiger charge is -2.40. The number of fused-ring (bicyclic) bond motifs is 11. The van der Waals surface area contributed by atoms with E-state index in [1.165, 1.54) is 125 Å². The van der Waals surface area contributed by atoms with Crippen molar-refractivity contribution >= 4 is 62.4 Å². The fraction of sp³-hybridized carbons (Fsp3) is 0.0909. The monoisotopic (exact) mass is 915 g/mol. The van der Waals surface area contributed by atoms with E-state index >= 15 is 0 Å². The minimum absolute atomic E-state index is 0.0300. The summed E-state index contributed by atoms with van der Waals surface area (Å²) in [6.07, 6.45) is 0. The van der Waals surface area contributed by atoms with Gasteiger partial charge >= 0.3 is 0 Å². The molecular weight excluding hydrogens is 867 g/mol. The van der Waals surface area contributed by atoms with Crippen LogP contribution in [0.2, 0.25) is 0 Å². The molecule has 0 fully saturated rings. The topological polar surface area (TPSA) is 4.93 Å². The van der Waals surface area contributed by atoms with Crippen molar-refractivity contribution in [2.45, 2.75) is 48.3 Å². The Balaban J connectivity index is 0.987. The Hall–Kier alpha value is -7.43. The van der Waals surface area contributed by atoms with Crippen molar-refractivity contribution < 1.29 is 0 Å². The van der Waals surface area contributed by atoms with Crippen LogP contribution in [0.15, 0.2) is 234 Å². The third-order valence-electron chi connectivity index (χ3n) is 16.1. The van der Waals surface area contributed by atoms with Crippen LogP contribution in [-0.4, -0.2) is 12.6 Å². The van der Waals surface area contributed by atoms with Gasteiger partial charge in [-0.15, -0.1) is 0 Å². The van der Waals surface area contributed by atoms with E-state index in [1.807, 2.05) is 11.8 Å². The van der Waals surface area contributed by atoms with Crippen LogP contribution in [0, 0.1) is 0 Å². The summed E-state index contributed by atoms with van der Waals surface area (Å²) in [4.78, 5) is 2.70. The number of hydrogen-bond acceptors (Lipinski definition) is 1. The zero-order chi connectivity index (χ0) is 46.2.